The molecule has 3 aromatic rings. The van der Waals surface area contributed by atoms with Gasteiger partial charge in [-0.2, -0.15) is 0 Å². The standard InChI is InChI=1S/2C20H31NO8P2.C15H36NO6P2.C12H11NO3.CH5N.2CH4.BrH/c2*1-5-26-30(24,27-6-2)18(31(25,28-7-3)29-8-4)14-11-15-21-19(22)16-12-9-10-13-17(16)20(21)23;1-8-19-23(17,20-9-2)15(13-12-14-16(5,6)7)24(18,21-10-3)22-11-4;14-8-4-3-7-13-11(15)9-5-1-2-6-10(9)12(13)16;1-2;;;/h2*9-10,12-13,18H,5-8,11,14-15H2,1-4H3;15H,8-14H2,1-7H3;1-2,5-6,8H,3-4,7H2;2H2,1H3;2*1H4;1H/q;;+1;;;;;/p-1. The van der Waals surface area contributed by atoms with Crippen LogP contribution in [-0.4, -0.2) is 211 Å². The number of benzene rings is 3. The van der Waals surface area contributed by atoms with Crippen molar-refractivity contribution < 1.29 is 137 Å². The Bertz CT molecular complexity index is 3140. The van der Waals surface area contributed by atoms with Gasteiger partial charge in [-0.15, -0.1) is 0 Å². The molecule has 3 aliphatic rings. The second-order valence-corrected chi connectivity index (χ2v) is 37.9. The maximum absolute atomic E-state index is 13.5. The predicted octanol–water partition coefficient (Wildman–Crippen LogP) is 13.3. The lowest BCUT2D eigenvalue weighted by Crippen LogP contribution is -3.00. The van der Waals surface area contributed by atoms with Crippen molar-refractivity contribution in [3.8, 4) is 0 Å². The molecule has 2 N–H and O–H groups in total. The van der Waals surface area contributed by atoms with E-state index in [1.165, 1.54) is 11.9 Å². The molecule has 614 valence electrons. The molecule has 0 bridgehead atoms. The number of unbranched alkanes of at least 4 members (excludes halogenated alkanes) is 1. The van der Waals surface area contributed by atoms with E-state index in [4.69, 9.17) is 54.3 Å². The molecule has 0 spiro atoms. The number of nitrogens with zero attached hydrogens (tertiary/aromatic N) is 4. The topological polar surface area (TPSA) is 368 Å². The van der Waals surface area contributed by atoms with E-state index in [9.17, 15) is 61.0 Å². The van der Waals surface area contributed by atoms with Crippen LogP contribution in [0.25, 0.3) is 0 Å². The average Bonchev–Trinajstić information content (AvgIpc) is 1.65. The van der Waals surface area contributed by atoms with Crippen molar-refractivity contribution in [1.29, 1.82) is 0 Å². The number of carbonyl (C=O) groups is 7. The zero-order chi connectivity index (χ0) is 78.5. The smallest absolute Gasteiger partial charge is 0.345 e. The highest BCUT2D eigenvalue weighted by atomic mass is 79.9. The van der Waals surface area contributed by atoms with Crippen LogP contribution in [0.5, 0.6) is 0 Å². The Morgan fingerprint density at radius 2 is 0.505 bits per heavy atom. The fourth-order valence-corrected chi connectivity index (χ4v) is 27.5. The first-order valence-corrected chi connectivity index (χ1v) is 45.1. The Morgan fingerprint density at radius 3 is 0.664 bits per heavy atom. The third kappa shape index (κ3) is 29.8. The molecule has 0 saturated heterocycles. The molecule has 0 atom stereocenters. The number of hydrogen-bond acceptors (Lipinski definition) is 26. The van der Waals surface area contributed by atoms with Gasteiger partial charge in [-0.05, 0) is 171 Å². The molecule has 0 aromatic heterocycles. The molecular weight excluding hydrogens is 1580 g/mol. The first kappa shape index (κ1) is 105. The first-order valence-electron chi connectivity index (χ1n) is 35.4. The highest BCUT2D eigenvalue weighted by Crippen LogP contribution is 2.74. The van der Waals surface area contributed by atoms with Gasteiger partial charge in [0.15, 0.2) is 16.2 Å². The van der Waals surface area contributed by atoms with E-state index in [0.29, 0.717) is 65.6 Å². The fraction of sp³-hybridized carbons (Fsp3) is 0.643. The number of rotatable bonds is 46. The zero-order valence-corrected chi connectivity index (χ0v) is 70.8. The van der Waals surface area contributed by atoms with Crippen LogP contribution in [0.2, 0.25) is 0 Å². The minimum absolute atomic E-state index is 0. The van der Waals surface area contributed by atoms with Crippen LogP contribution in [0.4, 0.5) is 0 Å². The third-order valence-electron chi connectivity index (χ3n) is 15.2. The summed E-state index contributed by atoms with van der Waals surface area (Å²) in [6.45, 7) is 23.1. The lowest BCUT2D eigenvalue weighted by molar-refractivity contribution is -0.870. The second kappa shape index (κ2) is 52.4. The van der Waals surface area contributed by atoms with Gasteiger partial charge >= 0.3 is 45.6 Å². The summed E-state index contributed by atoms with van der Waals surface area (Å²) in [5.41, 5.74) is 6.83. The van der Waals surface area contributed by atoms with Crippen LogP contribution in [0, 0.1) is 0 Å². The Balaban J connectivity index is 0. The number of quaternary nitrogens is 1. The minimum Gasteiger partial charge on any atom is -1.00 e. The molecule has 0 radical (unpaired) electrons. The lowest BCUT2D eigenvalue weighted by Gasteiger charge is -2.32. The summed E-state index contributed by atoms with van der Waals surface area (Å²) in [6.07, 6.45) is 3.35. The highest BCUT2D eigenvalue weighted by molar-refractivity contribution is 7.73. The quantitative estimate of drug-likeness (QED) is 0.0180. The largest absolute Gasteiger partial charge is 1.00 e. The van der Waals surface area contributed by atoms with E-state index < -0.39 is 61.8 Å². The molecular formula is C70H122BrN5O25P6. The molecule has 0 fully saturated rings. The van der Waals surface area contributed by atoms with Crippen molar-refractivity contribution in [1.82, 2.24) is 14.7 Å². The third-order valence-corrected chi connectivity index (χ3v) is 33.7. The fourth-order valence-electron chi connectivity index (χ4n) is 11.2. The number of hydrogen-bond donors (Lipinski definition) is 1. The Morgan fingerprint density at radius 1 is 0.336 bits per heavy atom. The van der Waals surface area contributed by atoms with Crippen molar-refractivity contribution in [3.63, 3.8) is 0 Å². The van der Waals surface area contributed by atoms with E-state index in [2.05, 4.69) is 26.9 Å². The summed E-state index contributed by atoms with van der Waals surface area (Å²) in [4.78, 5) is 87.6. The van der Waals surface area contributed by atoms with E-state index in [-0.39, 0.29) is 185 Å². The number of nitrogens with two attached hydrogens (primary N) is 1. The summed E-state index contributed by atoms with van der Waals surface area (Å²) in [7, 11) is -15.0. The maximum atomic E-state index is 13.5. The van der Waals surface area contributed by atoms with Crippen molar-refractivity contribution >= 4 is 87.3 Å². The zero-order valence-electron chi connectivity index (χ0n) is 63.8. The monoisotopic (exact) mass is 1700 g/mol. The molecule has 3 heterocycles. The normalized spacial score (nSPS) is 13.7. The lowest BCUT2D eigenvalue weighted by atomic mass is 10.1. The Kier molecular flexibility index (Phi) is 51.4. The van der Waals surface area contributed by atoms with Gasteiger partial charge in [-0.1, -0.05) is 51.3 Å². The van der Waals surface area contributed by atoms with E-state index in [0.717, 1.165) is 27.1 Å². The summed E-state index contributed by atoms with van der Waals surface area (Å²) in [5.74, 6) is -2.04. The molecule has 3 aliphatic heterocycles. The maximum Gasteiger partial charge on any atom is 0.345 e. The van der Waals surface area contributed by atoms with Crippen LogP contribution in [-0.2, 0) is 86.5 Å². The number of halogens is 1. The Hall–Kier alpha value is -3.95. The predicted molar refractivity (Wildman–Crippen MR) is 411 cm³/mol. The van der Waals surface area contributed by atoms with Crippen LogP contribution >= 0.6 is 45.6 Å². The summed E-state index contributed by atoms with van der Waals surface area (Å²) in [6, 6.07) is 20.0. The van der Waals surface area contributed by atoms with Gasteiger partial charge in [0.1, 0.15) is 6.29 Å². The molecule has 3 aromatic carbocycles. The van der Waals surface area contributed by atoms with Crippen LogP contribution in [0.15, 0.2) is 72.8 Å². The number of carbonyl (C=O) groups excluding carboxylic acids is 7. The highest BCUT2D eigenvalue weighted by Gasteiger charge is 2.53. The molecule has 107 heavy (non-hydrogen) atoms. The molecule has 0 unspecified atom stereocenters. The van der Waals surface area contributed by atoms with E-state index in [1.54, 1.807) is 156 Å². The van der Waals surface area contributed by atoms with E-state index >= 15 is 0 Å². The van der Waals surface area contributed by atoms with Crippen molar-refractivity contribution in [3.05, 3.63) is 106 Å². The van der Waals surface area contributed by atoms with E-state index in [1.807, 2.05) is 0 Å². The van der Waals surface area contributed by atoms with Crippen LogP contribution in [0.3, 0.4) is 0 Å². The van der Waals surface area contributed by atoms with Crippen molar-refractivity contribution in [2.45, 2.75) is 166 Å². The van der Waals surface area contributed by atoms with Crippen molar-refractivity contribution in [2.24, 2.45) is 5.73 Å². The van der Waals surface area contributed by atoms with Gasteiger partial charge in [-0.3, -0.25) is 70.9 Å². The Labute approximate surface area is 646 Å². The summed E-state index contributed by atoms with van der Waals surface area (Å²) in [5, 5.41) is -3.25. The number of amides is 6. The molecule has 30 nitrogen and oxygen atoms in total. The summed E-state index contributed by atoms with van der Waals surface area (Å²) >= 11 is 0. The van der Waals surface area contributed by atoms with Crippen LogP contribution < -0.4 is 22.7 Å². The van der Waals surface area contributed by atoms with Gasteiger partial charge < -0.3 is 86.3 Å². The van der Waals surface area contributed by atoms with Gasteiger partial charge in [0, 0.05) is 26.1 Å². The number of aldehydes is 1. The van der Waals surface area contributed by atoms with Gasteiger partial charge in [0.05, 0.1) is 140 Å². The molecule has 0 aliphatic carbocycles. The minimum atomic E-state index is -3.86. The first-order chi connectivity index (χ1) is 49.4. The van der Waals surface area contributed by atoms with Gasteiger partial charge in [-0.25, -0.2) is 0 Å². The van der Waals surface area contributed by atoms with Gasteiger partial charge in [0.25, 0.3) is 35.4 Å². The molecule has 6 rings (SSSR count). The SMILES string of the molecule is C.C.CCOP(=O)(OCC)C(CCCN1C(=O)c2ccccc2C1=O)P(=O)(OCC)OCC.CCOP(=O)(OCC)C(CCCN1C(=O)c2ccccc2C1=O)P(=O)(OCC)OCC.CCOP(=O)(OCC)C(CCC[N+](C)(C)C)P(=O)(OCC)OCC.CN.O=CCCCN1C(=O)c2ccccc2C1=O.[Br-]. The van der Waals surface area contributed by atoms with Crippen molar-refractivity contribution in [2.75, 3.05) is 134 Å². The van der Waals surface area contributed by atoms with Gasteiger partial charge in [0.2, 0.25) is 0 Å². The molecule has 37 heteroatoms. The number of fused-ring (bicyclic) bond motifs is 3. The second-order valence-electron chi connectivity index (χ2n) is 23.4. The average molecular weight is 1700 g/mol. The molecule has 0 saturated carbocycles. The number of imide groups is 3. The van der Waals surface area contributed by atoms with Crippen LogP contribution in [0.1, 0.15) is 211 Å². The summed E-state index contributed by atoms with van der Waals surface area (Å²) < 4.78 is 147. The molecule has 6 amide bonds.